The molecule has 0 saturated heterocycles. The Bertz CT molecular complexity index is 362. The second kappa shape index (κ2) is 3.54. The molecule has 0 fully saturated rings. The largest absolute Gasteiger partial charge is 0.387 e. The number of halogens is 1. The van der Waals surface area contributed by atoms with E-state index in [2.05, 4.69) is 35.8 Å². The van der Waals surface area contributed by atoms with Gasteiger partial charge >= 0.3 is 0 Å². The van der Waals surface area contributed by atoms with E-state index in [0.29, 0.717) is 0 Å². The van der Waals surface area contributed by atoms with Crippen molar-refractivity contribution in [1.82, 2.24) is 0 Å². The molecule has 0 amide bonds. The predicted molar refractivity (Wildman–Crippen MR) is 64.5 cm³/mol. The summed E-state index contributed by atoms with van der Waals surface area (Å²) in [6.07, 6.45) is -0.367. The molecule has 1 unspecified atom stereocenters. The van der Waals surface area contributed by atoms with Gasteiger partial charge in [0.15, 0.2) is 0 Å². The van der Waals surface area contributed by atoms with Gasteiger partial charge in [0.25, 0.3) is 0 Å². The van der Waals surface area contributed by atoms with Crippen LogP contribution in [0.2, 0.25) is 0 Å². The number of thioether (sulfide) groups is 1. The zero-order valence-corrected chi connectivity index (χ0v) is 10.7. The lowest BCUT2D eigenvalue weighted by Crippen LogP contribution is -2.29. The van der Waals surface area contributed by atoms with Gasteiger partial charge in [0, 0.05) is 15.0 Å². The second-order valence-corrected chi connectivity index (χ2v) is 6.68. The van der Waals surface area contributed by atoms with Crippen molar-refractivity contribution in [1.29, 1.82) is 0 Å². The zero-order valence-electron chi connectivity index (χ0n) is 8.25. The molecule has 1 aromatic rings. The van der Waals surface area contributed by atoms with Crippen LogP contribution in [-0.4, -0.2) is 9.85 Å². The van der Waals surface area contributed by atoms with Crippen molar-refractivity contribution in [3.05, 3.63) is 33.8 Å². The molecule has 2 rings (SSSR count). The number of benzene rings is 1. The average molecular weight is 273 g/mol. The van der Waals surface area contributed by atoms with Gasteiger partial charge in [-0.05, 0) is 37.1 Å². The van der Waals surface area contributed by atoms with Crippen LogP contribution in [0.25, 0.3) is 0 Å². The maximum absolute atomic E-state index is 10.2. The minimum atomic E-state index is -0.367. The first-order valence-electron chi connectivity index (χ1n) is 4.61. The van der Waals surface area contributed by atoms with E-state index < -0.39 is 0 Å². The molecule has 0 radical (unpaired) electrons. The Labute approximate surface area is 97.0 Å². The summed E-state index contributed by atoms with van der Waals surface area (Å²) >= 11 is 5.25. The lowest BCUT2D eigenvalue weighted by molar-refractivity contribution is 0.141. The first-order chi connectivity index (χ1) is 6.50. The fourth-order valence-corrected chi connectivity index (χ4v) is 3.12. The molecule has 1 aromatic carbocycles. The van der Waals surface area contributed by atoms with Gasteiger partial charge in [-0.15, -0.1) is 11.8 Å². The van der Waals surface area contributed by atoms with E-state index in [4.69, 9.17) is 0 Å². The van der Waals surface area contributed by atoms with Crippen molar-refractivity contribution in [2.75, 3.05) is 0 Å². The molecule has 3 heteroatoms. The summed E-state index contributed by atoms with van der Waals surface area (Å²) in [5.74, 6) is 0.993. The summed E-state index contributed by atoms with van der Waals surface area (Å²) in [6, 6.07) is 6.15. The Balaban J connectivity index is 2.48. The van der Waals surface area contributed by atoms with E-state index >= 15 is 0 Å². The van der Waals surface area contributed by atoms with Crippen LogP contribution in [0.4, 0.5) is 0 Å². The summed E-state index contributed by atoms with van der Waals surface area (Å²) in [4.78, 5) is 0. The van der Waals surface area contributed by atoms with Gasteiger partial charge in [-0.25, -0.2) is 0 Å². The number of hydrogen-bond acceptors (Lipinski definition) is 2. The van der Waals surface area contributed by atoms with Gasteiger partial charge < -0.3 is 5.11 Å². The Kier molecular flexibility index (Phi) is 2.66. The molecule has 1 nitrogen and oxygen atoms in total. The summed E-state index contributed by atoms with van der Waals surface area (Å²) in [5.41, 5.74) is 2.33. The quantitative estimate of drug-likeness (QED) is 0.780. The Morgan fingerprint density at radius 3 is 2.93 bits per heavy atom. The topological polar surface area (TPSA) is 20.2 Å². The van der Waals surface area contributed by atoms with Gasteiger partial charge in [-0.2, -0.15) is 0 Å². The molecule has 0 aromatic heterocycles. The van der Waals surface area contributed by atoms with E-state index in [0.717, 1.165) is 15.8 Å². The molecule has 14 heavy (non-hydrogen) atoms. The second-order valence-electron chi connectivity index (χ2n) is 4.14. The van der Waals surface area contributed by atoms with Gasteiger partial charge in [-0.3, -0.25) is 0 Å². The van der Waals surface area contributed by atoms with Crippen LogP contribution < -0.4 is 0 Å². The zero-order chi connectivity index (χ0) is 10.3. The highest BCUT2D eigenvalue weighted by atomic mass is 79.9. The monoisotopic (exact) mass is 272 g/mol. The summed E-state index contributed by atoms with van der Waals surface area (Å²) in [6.45, 7) is 4.18. The fraction of sp³-hybridized carbons (Fsp3) is 0.455. The van der Waals surface area contributed by atoms with Crippen molar-refractivity contribution >= 4 is 27.7 Å². The maximum atomic E-state index is 10.2. The normalized spacial score (nSPS) is 24.4. The van der Waals surface area contributed by atoms with Crippen molar-refractivity contribution in [2.45, 2.75) is 30.5 Å². The van der Waals surface area contributed by atoms with Gasteiger partial charge in [0.05, 0.1) is 6.10 Å². The van der Waals surface area contributed by atoms with Crippen molar-refractivity contribution < 1.29 is 5.11 Å². The number of fused-ring (bicyclic) bond motifs is 1. The Hall–Kier alpha value is 0.01000. The Morgan fingerprint density at radius 1 is 1.50 bits per heavy atom. The van der Waals surface area contributed by atoms with E-state index in [9.17, 15) is 5.11 Å². The lowest BCUT2D eigenvalue weighted by atomic mass is 9.94. The lowest BCUT2D eigenvalue weighted by Gasteiger charge is -2.36. The molecule has 1 atom stereocenters. The SMILES string of the molecule is CC1(C)SCc2ccc(Br)cc2C1O. The minimum Gasteiger partial charge on any atom is -0.387 e. The average Bonchev–Trinajstić information content (AvgIpc) is 2.13. The summed E-state index contributed by atoms with van der Waals surface area (Å²) in [7, 11) is 0. The van der Waals surface area contributed by atoms with Gasteiger partial charge in [-0.1, -0.05) is 22.0 Å². The fourth-order valence-electron chi connectivity index (χ4n) is 1.67. The minimum absolute atomic E-state index is 0.0756. The number of hydrogen-bond donors (Lipinski definition) is 1. The van der Waals surface area contributed by atoms with Gasteiger partial charge in [0.1, 0.15) is 0 Å². The number of aliphatic hydroxyl groups is 1. The highest BCUT2D eigenvalue weighted by molar-refractivity contribution is 9.10. The molecule has 0 spiro atoms. The molecule has 1 aliphatic heterocycles. The first kappa shape index (κ1) is 10.5. The van der Waals surface area contributed by atoms with Crippen molar-refractivity contribution in [2.24, 2.45) is 0 Å². The van der Waals surface area contributed by atoms with Crippen LogP contribution in [0.3, 0.4) is 0 Å². The molecule has 76 valence electrons. The van der Waals surface area contributed by atoms with Crippen LogP contribution in [-0.2, 0) is 5.75 Å². The van der Waals surface area contributed by atoms with Crippen molar-refractivity contribution in [3.8, 4) is 0 Å². The van der Waals surface area contributed by atoms with E-state index in [-0.39, 0.29) is 10.9 Å². The molecular formula is C11H13BrOS. The maximum Gasteiger partial charge on any atom is 0.0934 e. The van der Waals surface area contributed by atoms with Crippen LogP contribution in [0, 0.1) is 0 Å². The number of rotatable bonds is 0. The highest BCUT2D eigenvalue weighted by Gasteiger charge is 2.35. The molecule has 1 N–H and O–H groups in total. The van der Waals surface area contributed by atoms with E-state index in [1.165, 1.54) is 5.56 Å². The smallest absolute Gasteiger partial charge is 0.0934 e. The van der Waals surface area contributed by atoms with E-state index in [1.807, 2.05) is 23.9 Å². The molecular weight excluding hydrogens is 260 g/mol. The third-order valence-corrected chi connectivity index (χ3v) is 4.58. The summed E-state index contributed by atoms with van der Waals surface area (Å²) in [5, 5.41) is 10.2. The summed E-state index contributed by atoms with van der Waals surface area (Å²) < 4.78 is 0.964. The van der Waals surface area contributed by atoms with Crippen LogP contribution in [0.5, 0.6) is 0 Å². The molecule has 1 aliphatic rings. The standard InChI is InChI=1S/C11H13BrOS/c1-11(2)10(13)9-5-8(12)4-3-7(9)6-14-11/h3-5,10,13H,6H2,1-2H3. The van der Waals surface area contributed by atoms with Gasteiger partial charge in [0.2, 0.25) is 0 Å². The van der Waals surface area contributed by atoms with Crippen molar-refractivity contribution in [3.63, 3.8) is 0 Å². The third kappa shape index (κ3) is 1.73. The molecule has 0 bridgehead atoms. The molecule has 1 heterocycles. The Morgan fingerprint density at radius 2 is 2.21 bits per heavy atom. The van der Waals surface area contributed by atoms with Crippen LogP contribution in [0.15, 0.2) is 22.7 Å². The number of aliphatic hydroxyl groups excluding tert-OH is 1. The first-order valence-corrected chi connectivity index (χ1v) is 6.39. The van der Waals surface area contributed by atoms with Crippen LogP contribution in [0.1, 0.15) is 31.1 Å². The van der Waals surface area contributed by atoms with Crippen LogP contribution >= 0.6 is 27.7 Å². The molecule has 0 aliphatic carbocycles. The van der Waals surface area contributed by atoms with E-state index in [1.54, 1.807) is 0 Å². The molecule has 0 saturated carbocycles. The predicted octanol–water partition coefficient (Wildman–Crippen LogP) is 3.51. The third-order valence-electron chi connectivity index (χ3n) is 2.66. The highest BCUT2D eigenvalue weighted by Crippen LogP contribution is 2.45.